The van der Waals surface area contributed by atoms with Crippen LogP contribution in [0.4, 0.5) is 0 Å². The summed E-state index contributed by atoms with van der Waals surface area (Å²) >= 11 is 0. The highest BCUT2D eigenvalue weighted by Crippen LogP contribution is 2.25. The zero-order chi connectivity index (χ0) is 19.9. The van der Waals surface area contributed by atoms with Gasteiger partial charge in [-0.1, -0.05) is 29.4 Å². The second-order valence-corrected chi connectivity index (χ2v) is 6.71. The van der Waals surface area contributed by atoms with E-state index in [9.17, 15) is 0 Å². The van der Waals surface area contributed by atoms with E-state index in [1.54, 1.807) is 7.05 Å². The fourth-order valence-corrected chi connectivity index (χ4v) is 3.29. The highest BCUT2D eigenvalue weighted by molar-refractivity contribution is 5.79. The fraction of sp³-hybridized carbons (Fsp3) is 0.550. The Bertz CT molecular complexity index is 792. The molecule has 2 heterocycles. The van der Waals surface area contributed by atoms with E-state index in [2.05, 4.69) is 44.4 Å². The van der Waals surface area contributed by atoms with Crippen molar-refractivity contribution in [2.45, 2.75) is 39.5 Å². The van der Waals surface area contributed by atoms with Crippen molar-refractivity contribution in [2.75, 3.05) is 33.4 Å². The Morgan fingerprint density at radius 3 is 3.00 bits per heavy atom. The number of ether oxygens (including phenoxy) is 2. The molecule has 2 atom stereocenters. The molecule has 1 aromatic heterocycles. The Morgan fingerprint density at radius 1 is 1.43 bits per heavy atom. The van der Waals surface area contributed by atoms with E-state index in [0.717, 1.165) is 19.0 Å². The van der Waals surface area contributed by atoms with Crippen molar-refractivity contribution >= 4 is 5.96 Å². The molecule has 0 aliphatic carbocycles. The lowest BCUT2D eigenvalue weighted by molar-refractivity contribution is -0.00837. The van der Waals surface area contributed by atoms with Gasteiger partial charge in [-0.3, -0.25) is 4.99 Å². The highest BCUT2D eigenvalue weighted by atomic mass is 16.5. The van der Waals surface area contributed by atoms with Crippen LogP contribution in [-0.2, 0) is 16.0 Å². The van der Waals surface area contributed by atoms with Gasteiger partial charge in [-0.15, -0.1) is 0 Å². The van der Waals surface area contributed by atoms with Crippen LogP contribution >= 0.6 is 0 Å². The van der Waals surface area contributed by atoms with E-state index in [4.69, 9.17) is 14.0 Å². The first-order chi connectivity index (χ1) is 13.6. The molecule has 8 nitrogen and oxygen atoms in total. The van der Waals surface area contributed by atoms with Crippen LogP contribution in [0.3, 0.4) is 0 Å². The molecule has 1 aliphatic rings. The number of nitrogens with one attached hydrogen (secondary N) is 1. The second-order valence-electron chi connectivity index (χ2n) is 6.71. The molecule has 0 radical (unpaired) electrons. The van der Waals surface area contributed by atoms with Gasteiger partial charge >= 0.3 is 0 Å². The molecule has 1 saturated heterocycles. The van der Waals surface area contributed by atoms with E-state index in [1.807, 2.05) is 26.0 Å². The van der Waals surface area contributed by atoms with Crippen LogP contribution in [0.15, 0.2) is 33.8 Å². The molecular weight excluding hydrogens is 358 g/mol. The van der Waals surface area contributed by atoms with Gasteiger partial charge in [0.1, 0.15) is 12.2 Å². The van der Waals surface area contributed by atoms with Gasteiger partial charge in [-0.2, -0.15) is 4.98 Å². The zero-order valence-corrected chi connectivity index (χ0v) is 17.0. The number of morpholine rings is 1. The van der Waals surface area contributed by atoms with Gasteiger partial charge in [-0.05, 0) is 31.9 Å². The smallest absolute Gasteiger partial charge is 0.246 e. The molecule has 2 unspecified atom stereocenters. The van der Waals surface area contributed by atoms with Crippen LogP contribution in [0.5, 0.6) is 0 Å². The first-order valence-electron chi connectivity index (χ1n) is 9.69. The summed E-state index contributed by atoms with van der Waals surface area (Å²) in [5, 5.41) is 7.30. The van der Waals surface area contributed by atoms with Crippen LogP contribution in [0, 0.1) is 6.92 Å². The van der Waals surface area contributed by atoms with Crippen LogP contribution in [-0.4, -0.2) is 54.4 Å². The van der Waals surface area contributed by atoms with Crippen molar-refractivity contribution in [1.82, 2.24) is 20.4 Å². The summed E-state index contributed by atoms with van der Waals surface area (Å²) < 4.78 is 16.8. The monoisotopic (exact) mass is 387 g/mol. The van der Waals surface area contributed by atoms with Gasteiger partial charge in [-0.25, -0.2) is 0 Å². The molecule has 0 amide bonds. The van der Waals surface area contributed by atoms with E-state index < -0.39 is 0 Å². The van der Waals surface area contributed by atoms with Gasteiger partial charge in [0.05, 0.1) is 19.7 Å². The third kappa shape index (κ3) is 4.88. The number of aryl methyl sites for hydroxylation is 1. The molecule has 2 aromatic rings. The van der Waals surface area contributed by atoms with E-state index in [1.165, 1.54) is 11.1 Å². The molecule has 8 heteroatoms. The summed E-state index contributed by atoms with van der Waals surface area (Å²) in [6.45, 7) is 9.14. The molecule has 152 valence electrons. The average Bonchev–Trinajstić information content (AvgIpc) is 3.18. The zero-order valence-electron chi connectivity index (χ0n) is 17.0. The first kappa shape index (κ1) is 20.3. The lowest BCUT2D eigenvalue weighted by atomic mass is 10.0. The van der Waals surface area contributed by atoms with Gasteiger partial charge in [0.2, 0.25) is 5.89 Å². The third-order valence-electron chi connectivity index (χ3n) is 4.77. The fourth-order valence-electron chi connectivity index (χ4n) is 3.29. The number of benzene rings is 1. The summed E-state index contributed by atoms with van der Waals surface area (Å²) in [5.74, 6) is 1.85. The quantitative estimate of drug-likeness (QED) is 0.602. The summed E-state index contributed by atoms with van der Waals surface area (Å²) in [4.78, 5) is 11.0. The van der Waals surface area contributed by atoms with Crippen molar-refractivity contribution in [3.8, 4) is 0 Å². The maximum Gasteiger partial charge on any atom is 0.246 e. The molecule has 1 N–H and O–H groups in total. The Morgan fingerprint density at radius 2 is 2.25 bits per heavy atom. The van der Waals surface area contributed by atoms with Gasteiger partial charge in [0.25, 0.3) is 0 Å². The second kappa shape index (κ2) is 9.66. The summed E-state index contributed by atoms with van der Waals surface area (Å²) in [6, 6.07) is 8.33. The summed E-state index contributed by atoms with van der Waals surface area (Å²) in [5.41, 5.74) is 2.45. The predicted molar refractivity (Wildman–Crippen MR) is 106 cm³/mol. The van der Waals surface area contributed by atoms with Crippen molar-refractivity contribution < 1.29 is 14.0 Å². The van der Waals surface area contributed by atoms with Gasteiger partial charge in [0, 0.05) is 20.2 Å². The largest absolute Gasteiger partial charge is 0.371 e. The number of hydrogen-bond acceptors (Lipinski definition) is 6. The SMILES string of the molecule is CCOC(C)c1noc(CNC(=NC)N2CCOC(c3ccccc3C)C2)n1. The number of nitrogens with zero attached hydrogens (tertiary/aromatic N) is 4. The molecule has 1 aromatic carbocycles. The number of guanidine groups is 1. The molecule has 0 saturated carbocycles. The molecule has 0 bridgehead atoms. The number of rotatable bonds is 6. The minimum absolute atomic E-state index is 0.0237. The standard InChI is InChI=1S/C20H29N5O3/c1-5-26-15(3)19-23-18(28-24-19)12-22-20(21-4)25-10-11-27-17(13-25)16-9-7-6-8-14(16)2/h6-9,15,17H,5,10-13H2,1-4H3,(H,21,22). The van der Waals surface area contributed by atoms with E-state index in [0.29, 0.717) is 31.5 Å². The number of aromatic nitrogens is 2. The summed E-state index contributed by atoms with van der Waals surface area (Å²) in [6.07, 6.45) is -0.161. The van der Waals surface area contributed by atoms with Gasteiger partial charge in [0.15, 0.2) is 11.8 Å². The van der Waals surface area contributed by atoms with E-state index >= 15 is 0 Å². The van der Waals surface area contributed by atoms with Crippen molar-refractivity contribution in [2.24, 2.45) is 4.99 Å². The minimum Gasteiger partial charge on any atom is -0.371 e. The molecule has 3 rings (SSSR count). The van der Waals surface area contributed by atoms with Crippen molar-refractivity contribution in [3.63, 3.8) is 0 Å². The lowest BCUT2D eigenvalue weighted by Crippen LogP contribution is -2.48. The topological polar surface area (TPSA) is 85.0 Å². The third-order valence-corrected chi connectivity index (χ3v) is 4.77. The number of hydrogen-bond donors (Lipinski definition) is 1. The Kier molecular flexibility index (Phi) is 7.00. The number of aliphatic imine (C=N–C) groups is 1. The predicted octanol–water partition coefficient (Wildman–Crippen LogP) is 2.62. The van der Waals surface area contributed by atoms with E-state index in [-0.39, 0.29) is 12.2 Å². The van der Waals surface area contributed by atoms with Crippen molar-refractivity contribution in [3.05, 3.63) is 47.1 Å². The molecule has 0 spiro atoms. The van der Waals surface area contributed by atoms with Crippen LogP contribution in [0.1, 0.15) is 48.9 Å². The van der Waals surface area contributed by atoms with Crippen molar-refractivity contribution in [1.29, 1.82) is 0 Å². The van der Waals surface area contributed by atoms with Crippen LogP contribution in [0.2, 0.25) is 0 Å². The lowest BCUT2D eigenvalue weighted by Gasteiger charge is -2.35. The Balaban J connectivity index is 1.60. The Labute approximate surface area is 165 Å². The molecule has 1 fully saturated rings. The van der Waals surface area contributed by atoms with Gasteiger partial charge < -0.3 is 24.2 Å². The summed E-state index contributed by atoms with van der Waals surface area (Å²) in [7, 11) is 1.77. The average molecular weight is 387 g/mol. The minimum atomic E-state index is -0.184. The first-order valence-corrected chi connectivity index (χ1v) is 9.69. The highest BCUT2D eigenvalue weighted by Gasteiger charge is 2.25. The molecular formula is C20H29N5O3. The molecule has 1 aliphatic heterocycles. The maximum absolute atomic E-state index is 6.01. The maximum atomic E-state index is 6.01. The normalized spacial score (nSPS) is 18.9. The van der Waals surface area contributed by atoms with Crippen LogP contribution in [0.25, 0.3) is 0 Å². The molecule has 28 heavy (non-hydrogen) atoms. The Hall–Kier alpha value is -2.45. The van der Waals surface area contributed by atoms with Crippen LogP contribution < -0.4 is 5.32 Å².